The molecule has 2 heterocycles. The van der Waals surface area contributed by atoms with E-state index in [1.807, 2.05) is 38.1 Å². The molecule has 1 amide bonds. The van der Waals surface area contributed by atoms with Gasteiger partial charge in [0.05, 0.1) is 22.9 Å². The van der Waals surface area contributed by atoms with Crippen molar-refractivity contribution in [1.82, 2.24) is 9.97 Å². The number of aromatic nitrogens is 2. The van der Waals surface area contributed by atoms with Crippen LogP contribution >= 0.6 is 11.3 Å². The third kappa shape index (κ3) is 3.28. The third-order valence-corrected chi connectivity index (χ3v) is 5.13. The van der Waals surface area contributed by atoms with Gasteiger partial charge in [-0.05, 0) is 44.5 Å². The number of thiophene rings is 1. The summed E-state index contributed by atoms with van der Waals surface area (Å²) in [4.78, 5) is 21.6. The maximum Gasteiger partial charge on any atom is 0.260 e. The number of nitrogens with zero attached hydrogens (tertiary/aromatic N) is 2. The first-order chi connectivity index (χ1) is 11.9. The van der Waals surface area contributed by atoms with Gasteiger partial charge in [-0.3, -0.25) is 4.79 Å². The summed E-state index contributed by atoms with van der Waals surface area (Å²) in [5.41, 5.74) is 13.3. The first-order valence-electron chi connectivity index (χ1n) is 8.04. The Morgan fingerprint density at radius 3 is 2.56 bits per heavy atom. The van der Waals surface area contributed by atoms with Gasteiger partial charge in [-0.1, -0.05) is 6.92 Å². The number of carbonyl (C=O) groups excluding carboxylic acids is 1. The zero-order valence-corrected chi connectivity index (χ0v) is 15.2. The SMILES string of the molecule is CCC(C)Oc1ccc(-c2nc(C)c3c(N)c(C(N)=O)sc3n2)cc1. The van der Waals surface area contributed by atoms with Crippen molar-refractivity contribution in [2.45, 2.75) is 33.3 Å². The van der Waals surface area contributed by atoms with Crippen LogP contribution in [0, 0.1) is 6.92 Å². The Morgan fingerprint density at radius 1 is 1.28 bits per heavy atom. The number of aryl methyl sites for hydroxylation is 1. The predicted octanol–water partition coefficient (Wildman–Crippen LogP) is 3.53. The van der Waals surface area contributed by atoms with Gasteiger partial charge >= 0.3 is 0 Å². The monoisotopic (exact) mass is 356 g/mol. The maximum absolute atomic E-state index is 11.5. The Bertz CT molecular complexity index is 934. The van der Waals surface area contributed by atoms with Crippen molar-refractivity contribution in [3.63, 3.8) is 0 Å². The molecule has 0 saturated heterocycles. The number of hydrogen-bond donors (Lipinski definition) is 2. The van der Waals surface area contributed by atoms with E-state index in [1.165, 1.54) is 11.3 Å². The van der Waals surface area contributed by atoms with E-state index in [4.69, 9.17) is 16.2 Å². The smallest absolute Gasteiger partial charge is 0.260 e. The number of nitrogens with two attached hydrogens (primary N) is 2. The van der Waals surface area contributed by atoms with E-state index in [2.05, 4.69) is 16.9 Å². The molecule has 1 atom stereocenters. The molecule has 25 heavy (non-hydrogen) atoms. The Balaban J connectivity index is 2.00. The lowest BCUT2D eigenvalue weighted by Crippen LogP contribution is -2.10. The first kappa shape index (κ1) is 17.2. The van der Waals surface area contributed by atoms with Crippen LogP contribution in [0.3, 0.4) is 0 Å². The molecule has 2 aromatic heterocycles. The quantitative estimate of drug-likeness (QED) is 0.728. The number of fused-ring (bicyclic) bond motifs is 1. The van der Waals surface area contributed by atoms with E-state index in [-0.39, 0.29) is 6.10 Å². The largest absolute Gasteiger partial charge is 0.491 e. The molecule has 0 fully saturated rings. The van der Waals surface area contributed by atoms with Gasteiger partial charge in [-0.15, -0.1) is 11.3 Å². The van der Waals surface area contributed by atoms with Crippen LogP contribution in [0.2, 0.25) is 0 Å². The molecular weight excluding hydrogens is 336 g/mol. The molecule has 4 N–H and O–H groups in total. The number of hydrogen-bond acceptors (Lipinski definition) is 6. The number of carbonyl (C=O) groups is 1. The molecule has 0 saturated carbocycles. The Kier molecular flexibility index (Phi) is 4.59. The van der Waals surface area contributed by atoms with Crippen LogP contribution < -0.4 is 16.2 Å². The van der Waals surface area contributed by atoms with Crippen LogP contribution in [0.1, 0.15) is 35.6 Å². The van der Waals surface area contributed by atoms with Crippen molar-refractivity contribution in [3.8, 4) is 17.1 Å². The zero-order valence-electron chi connectivity index (χ0n) is 14.4. The van der Waals surface area contributed by atoms with Gasteiger partial charge in [-0.25, -0.2) is 9.97 Å². The summed E-state index contributed by atoms with van der Waals surface area (Å²) in [7, 11) is 0. The van der Waals surface area contributed by atoms with Crippen LogP contribution in [-0.2, 0) is 0 Å². The molecule has 0 aliphatic heterocycles. The molecule has 3 aromatic rings. The minimum absolute atomic E-state index is 0.169. The van der Waals surface area contributed by atoms with Crippen LogP contribution in [0.25, 0.3) is 21.6 Å². The van der Waals surface area contributed by atoms with Crippen LogP contribution in [0.5, 0.6) is 5.75 Å². The van der Waals surface area contributed by atoms with Crippen molar-refractivity contribution in [2.24, 2.45) is 5.73 Å². The van der Waals surface area contributed by atoms with Crippen LogP contribution in [0.15, 0.2) is 24.3 Å². The summed E-state index contributed by atoms with van der Waals surface area (Å²) in [6.45, 7) is 5.96. The van der Waals surface area contributed by atoms with Gasteiger partial charge in [0, 0.05) is 5.56 Å². The Labute approximate surface area is 149 Å². The first-order valence-corrected chi connectivity index (χ1v) is 8.85. The van der Waals surface area contributed by atoms with E-state index in [1.54, 1.807) is 0 Å². The number of primary amides is 1. The molecular formula is C18H20N4O2S. The van der Waals surface area contributed by atoms with Gasteiger partial charge in [-0.2, -0.15) is 0 Å². The fourth-order valence-corrected chi connectivity index (χ4v) is 3.50. The number of nitrogen functional groups attached to an aromatic ring is 1. The lowest BCUT2D eigenvalue weighted by molar-refractivity contribution is 0.100. The second kappa shape index (κ2) is 6.68. The van der Waals surface area contributed by atoms with Crippen molar-refractivity contribution < 1.29 is 9.53 Å². The lowest BCUT2D eigenvalue weighted by Gasteiger charge is -2.12. The van der Waals surface area contributed by atoms with Crippen molar-refractivity contribution in [3.05, 3.63) is 34.8 Å². The summed E-state index contributed by atoms with van der Waals surface area (Å²) in [5.74, 6) is 0.845. The fraction of sp³-hybridized carbons (Fsp3) is 0.278. The Morgan fingerprint density at radius 2 is 1.96 bits per heavy atom. The second-order valence-corrected chi connectivity index (χ2v) is 6.88. The molecule has 7 heteroatoms. The summed E-state index contributed by atoms with van der Waals surface area (Å²) < 4.78 is 5.79. The number of rotatable bonds is 5. The number of anilines is 1. The molecule has 0 bridgehead atoms. The molecule has 3 rings (SSSR count). The molecule has 0 aliphatic rings. The maximum atomic E-state index is 11.5. The number of amides is 1. The molecule has 1 aromatic carbocycles. The molecule has 0 radical (unpaired) electrons. The van der Waals surface area contributed by atoms with Gasteiger partial charge in [0.25, 0.3) is 5.91 Å². The minimum Gasteiger partial charge on any atom is -0.491 e. The van der Waals surface area contributed by atoms with Gasteiger partial charge in [0.2, 0.25) is 0 Å². The van der Waals surface area contributed by atoms with Crippen molar-refractivity contribution in [2.75, 3.05) is 5.73 Å². The second-order valence-electron chi connectivity index (χ2n) is 5.88. The van der Waals surface area contributed by atoms with E-state index in [0.717, 1.165) is 23.4 Å². The third-order valence-electron chi connectivity index (χ3n) is 4.02. The van der Waals surface area contributed by atoms with Crippen LogP contribution in [0.4, 0.5) is 5.69 Å². The Hall–Kier alpha value is -2.67. The minimum atomic E-state index is -0.548. The fourth-order valence-electron chi connectivity index (χ4n) is 2.51. The predicted molar refractivity (Wildman–Crippen MR) is 101 cm³/mol. The van der Waals surface area contributed by atoms with Gasteiger partial charge < -0.3 is 16.2 Å². The molecule has 6 nitrogen and oxygen atoms in total. The number of ether oxygens (including phenoxy) is 1. The van der Waals surface area contributed by atoms with Crippen LogP contribution in [-0.4, -0.2) is 22.0 Å². The van der Waals surface area contributed by atoms with E-state index in [0.29, 0.717) is 26.6 Å². The standard InChI is InChI=1S/C18H20N4O2S/c1-4-9(2)24-12-7-5-11(6-8-12)17-21-10(3)13-14(19)15(16(20)23)25-18(13)22-17/h5-9H,4,19H2,1-3H3,(H2,20,23). The van der Waals surface area contributed by atoms with E-state index >= 15 is 0 Å². The average molecular weight is 356 g/mol. The summed E-state index contributed by atoms with van der Waals surface area (Å²) >= 11 is 1.19. The van der Waals surface area contributed by atoms with Crippen molar-refractivity contribution in [1.29, 1.82) is 0 Å². The summed E-state index contributed by atoms with van der Waals surface area (Å²) in [6, 6.07) is 7.65. The van der Waals surface area contributed by atoms with Gasteiger partial charge in [0.1, 0.15) is 15.5 Å². The normalized spacial score (nSPS) is 12.3. The van der Waals surface area contributed by atoms with E-state index in [9.17, 15) is 4.79 Å². The highest BCUT2D eigenvalue weighted by atomic mass is 32.1. The number of benzene rings is 1. The van der Waals surface area contributed by atoms with E-state index < -0.39 is 5.91 Å². The highest BCUT2D eigenvalue weighted by Crippen LogP contribution is 2.35. The summed E-state index contributed by atoms with van der Waals surface area (Å²) in [6.07, 6.45) is 1.12. The molecule has 130 valence electrons. The molecule has 1 unspecified atom stereocenters. The zero-order chi connectivity index (χ0) is 18.1. The topological polar surface area (TPSA) is 104 Å². The molecule has 0 aliphatic carbocycles. The highest BCUT2D eigenvalue weighted by molar-refractivity contribution is 7.21. The van der Waals surface area contributed by atoms with Gasteiger partial charge in [0.15, 0.2) is 5.82 Å². The average Bonchev–Trinajstić information content (AvgIpc) is 2.93. The summed E-state index contributed by atoms with van der Waals surface area (Å²) in [5, 5.41) is 0.694. The lowest BCUT2D eigenvalue weighted by atomic mass is 10.2. The van der Waals surface area contributed by atoms with Crippen molar-refractivity contribution >= 4 is 33.1 Å². The molecule has 0 spiro atoms. The highest BCUT2D eigenvalue weighted by Gasteiger charge is 2.18.